The highest BCUT2D eigenvalue weighted by molar-refractivity contribution is 5.86. The van der Waals surface area contributed by atoms with E-state index < -0.39 is 0 Å². The molecule has 2 N–H and O–H groups in total. The van der Waals surface area contributed by atoms with Crippen LogP contribution in [0.25, 0.3) is 0 Å². The molecule has 10 heteroatoms. The predicted octanol–water partition coefficient (Wildman–Crippen LogP) is 5.93. The van der Waals surface area contributed by atoms with E-state index in [2.05, 4.69) is 87.9 Å². The lowest BCUT2D eigenvalue weighted by Gasteiger charge is -2.36. The zero-order chi connectivity index (χ0) is 39.2. The van der Waals surface area contributed by atoms with Crippen molar-refractivity contribution in [3.63, 3.8) is 0 Å². The number of para-hydroxylation sites is 1. The number of aryl methyl sites for hydroxylation is 2. The van der Waals surface area contributed by atoms with Crippen LogP contribution in [0, 0.1) is 0 Å². The maximum Gasteiger partial charge on any atom is 0.350 e. The molecule has 10 nitrogen and oxygen atoms in total. The molecule has 4 aliphatic heterocycles. The first kappa shape index (κ1) is 40.1. The third-order valence-electron chi connectivity index (χ3n) is 12.9. The highest BCUT2D eigenvalue weighted by Crippen LogP contribution is 2.33. The van der Waals surface area contributed by atoms with Gasteiger partial charge < -0.3 is 10.2 Å². The fourth-order valence-electron chi connectivity index (χ4n) is 9.79. The van der Waals surface area contributed by atoms with Crippen LogP contribution in [0.15, 0.2) is 40.3 Å². The fourth-order valence-corrected chi connectivity index (χ4v) is 9.79. The van der Waals surface area contributed by atoms with Crippen LogP contribution in [0.4, 0.5) is 0 Å². The van der Waals surface area contributed by atoms with Gasteiger partial charge in [0.2, 0.25) is 0 Å². The number of rotatable bonds is 12. The van der Waals surface area contributed by atoms with Gasteiger partial charge in [0.15, 0.2) is 0 Å². The number of phenols is 2. The van der Waals surface area contributed by atoms with Crippen molar-refractivity contribution in [2.75, 3.05) is 79.5 Å². The van der Waals surface area contributed by atoms with Crippen LogP contribution >= 0.6 is 0 Å². The van der Waals surface area contributed by atoms with Gasteiger partial charge in [0.1, 0.15) is 11.5 Å². The molecule has 2 unspecified atom stereocenters. The number of phenolic OH excluding ortho intramolecular Hbond substituents is 2. The summed E-state index contributed by atoms with van der Waals surface area (Å²) in [6.45, 7) is 17.8. The minimum atomic E-state index is -0.0485. The maximum absolute atomic E-state index is 11.7. The van der Waals surface area contributed by atoms with E-state index in [1.807, 2.05) is 18.5 Å². The summed E-state index contributed by atoms with van der Waals surface area (Å²) in [6, 6.07) is 10.5. The number of aliphatic imine (C=N–C) groups is 2. The Kier molecular flexibility index (Phi) is 12.9. The van der Waals surface area contributed by atoms with E-state index in [-0.39, 0.29) is 17.5 Å². The Hall–Kier alpha value is -4.08. The van der Waals surface area contributed by atoms with Gasteiger partial charge in [-0.15, -0.1) is 0 Å². The Labute approximate surface area is 336 Å². The fraction of sp³-hybridized carbons (Fsp3) is 0.652. The molecule has 1 saturated carbocycles. The summed E-state index contributed by atoms with van der Waals surface area (Å²) in [5.41, 5.74) is 4.78. The van der Waals surface area contributed by atoms with Gasteiger partial charge in [-0.1, -0.05) is 51.8 Å². The monoisotopic (exact) mass is 767 g/mol. The van der Waals surface area contributed by atoms with Gasteiger partial charge in [-0.2, -0.15) is 0 Å². The van der Waals surface area contributed by atoms with Crippen molar-refractivity contribution in [3.8, 4) is 11.5 Å². The Morgan fingerprint density at radius 2 is 1.18 bits per heavy atom. The lowest BCUT2D eigenvalue weighted by atomic mass is 9.84. The van der Waals surface area contributed by atoms with E-state index in [0.717, 1.165) is 139 Å². The molecule has 0 radical (unpaired) electrons. The third kappa shape index (κ3) is 9.37. The average molecular weight is 767 g/mol. The molecule has 4 heterocycles. The van der Waals surface area contributed by atoms with E-state index in [4.69, 9.17) is 9.98 Å². The van der Waals surface area contributed by atoms with Gasteiger partial charge in [0.05, 0.1) is 91.6 Å². The molecular formula is C46H70N8O2+2. The summed E-state index contributed by atoms with van der Waals surface area (Å²) < 4.78 is 4.85. The van der Waals surface area contributed by atoms with Crippen LogP contribution in [0.3, 0.4) is 0 Å². The second kappa shape index (κ2) is 18.0. The second-order valence-corrected chi connectivity index (χ2v) is 18.2. The highest BCUT2D eigenvalue weighted by Gasteiger charge is 2.35. The summed E-state index contributed by atoms with van der Waals surface area (Å²) in [5.74, 6) is 3.50. The molecule has 0 aromatic heterocycles. The Morgan fingerprint density at radius 3 is 1.75 bits per heavy atom. The molecule has 5 aliphatic rings. The van der Waals surface area contributed by atoms with Gasteiger partial charge in [0, 0.05) is 49.2 Å². The lowest BCUT2D eigenvalue weighted by Crippen LogP contribution is -2.57. The van der Waals surface area contributed by atoms with Gasteiger partial charge in [-0.05, 0) is 72.8 Å². The number of fused-ring (bicyclic) bond motifs is 2. The van der Waals surface area contributed by atoms with Crippen molar-refractivity contribution >= 4 is 24.3 Å². The molecule has 7 rings (SSSR count). The Bertz CT molecular complexity index is 1810. The quantitative estimate of drug-likeness (QED) is 0.206. The van der Waals surface area contributed by atoms with Gasteiger partial charge in [-0.3, -0.25) is 38.7 Å². The first-order valence-corrected chi connectivity index (χ1v) is 22.0. The van der Waals surface area contributed by atoms with Crippen LogP contribution in [0.5, 0.6) is 11.5 Å². The van der Waals surface area contributed by atoms with Gasteiger partial charge in [0.25, 0.3) is 0 Å². The van der Waals surface area contributed by atoms with Crippen molar-refractivity contribution in [3.05, 3.63) is 58.1 Å². The summed E-state index contributed by atoms with van der Waals surface area (Å²) in [4.78, 5) is 20.4. The zero-order valence-corrected chi connectivity index (χ0v) is 35.2. The number of nitrogens with zero attached hydrogens (tertiary/aromatic N) is 8. The van der Waals surface area contributed by atoms with Crippen LogP contribution in [0.1, 0.15) is 113 Å². The SMILES string of the molecule is C[N+]1=C2N(CCCc3cccc(C=NC4CCCCC4N=Cc4cc(C(C)(C)C)cc(CCCN5CCCN6CCC[N+](C)=C56)c4O)c3O)CCCN2CCC1. The number of benzene rings is 2. The minimum absolute atomic E-state index is 0.0394. The molecule has 3 fully saturated rings. The normalized spacial score (nSPS) is 22.4. The molecule has 56 heavy (non-hydrogen) atoms. The molecule has 0 amide bonds. The summed E-state index contributed by atoms with van der Waals surface area (Å²) in [7, 11) is 4.45. The lowest BCUT2D eigenvalue weighted by molar-refractivity contribution is -0.515. The molecule has 2 aromatic carbocycles. The van der Waals surface area contributed by atoms with E-state index in [1.54, 1.807) is 0 Å². The molecular weight excluding hydrogens is 697 g/mol. The van der Waals surface area contributed by atoms with Gasteiger partial charge in [-0.25, -0.2) is 0 Å². The predicted molar refractivity (Wildman–Crippen MR) is 230 cm³/mol. The van der Waals surface area contributed by atoms with Crippen molar-refractivity contribution in [2.24, 2.45) is 9.98 Å². The van der Waals surface area contributed by atoms with Crippen molar-refractivity contribution in [2.45, 2.75) is 115 Å². The number of hydrogen-bond donors (Lipinski definition) is 2. The van der Waals surface area contributed by atoms with Crippen molar-refractivity contribution < 1.29 is 19.4 Å². The second-order valence-electron chi connectivity index (χ2n) is 18.2. The minimum Gasteiger partial charge on any atom is -0.507 e. The van der Waals surface area contributed by atoms with Crippen molar-refractivity contribution in [1.82, 2.24) is 19.6 Å². The van der Waals surface area contributed by atoms with E-state index in [9.17, 15) is 10.2 Å². The van der Waals surface area contributed by atoms with Crippen molar-refractivity contribution in [1.29, 1.82) is 0 Å². The maximum atomic E-state index is 11.7. The number of hydrogen-bond acceptors (Lipinski definition) is 8. The van der Waals surface area contributed by atoms with Crippen LogP contribution < -0.4 is 0 Å². The molecule has 304 valence electrons. The largest absolute Gasteiger partial charge is 0.507 e. The Morgan fingerprint density at radius 1 is 0.661 bits per heavy atom. The van der Waals surface area contributed by atoms with Crippen LogP contribution in [-0.4, -0.2) is 155 Å². The van der Waals surface area contributed by atoms with E-state index in [0.29, 0.717) is 11.5 Å². The molecule has 2 aromatic rings. The first-order valence-electron chi connectivity index (χ1n) is 22.0. The standard InChI is InChI=1S/C46H68N8O2/c1-46(2,3)39-31-36(18-10-24-52-28-14-30-54-26-12-22-50(5)45(52)54)43(56)38(32-39)34-48-41-20-7-6-19-40(41)47-33-37-16-8-15-35(42(37)55)17-9-23-51-27-13-29-53-25-11-21-49(4)44(51)53/h8,15-16,31-34,40-41H,6-7,9-14,17-30H2,1-5H3/p+2. The summed E-state index contributed by atoms with van der Waals surface area (Å²) in [6.07, 6.45) is 16.5. The van der Waals surface area contributed by atoms with Crippen LogP contribution in [-0.2, 0) is 18.3 Å². The first-order chi connectivity index (χ1) is 27.1. The third-order valence-corrected chi connectivity index (χ3v) is 12.9. The molecule has 2 atom stereocenters. The molecule has 2 saturated heterocycles. The van der Waals surface area contributed by atoms with E-state index >= 15 is 0 Å². The molecule has 0 spiro atoms. The topological polar surface area (TPSA) is 84.2 Å². The Balaban J connectivity index is 1.00. The zero-order valence-electron chi connectivity index (χ0n) is 35.2. The highest BCUT2D eigenvalue weighted by atomic mass is 16.3. The summed E-state index contributed by atoms with van der Waals surface area (Å²) in [5, 5.41) is 23.0. The van der Waals surface area contributed by atoms with Gasteiger partial charge >= 0.3 is 11.9 Å². The molecule has 1 aliphatic carbocycles. The van der Waals surface area contributed by atoms with Crippen LogP contribution in [0.2, 0.25) is 0 Å². The average Bonchev–Trinajstić information content (AvgIpc) is 3.18. The van der Waals surface area contributed by atoms with E-state index in [1.165, 1.54) is 43.2 Å². The molecule has 0 bridgehead atoms. The number of aromatic hydroxyl groups is 2. The number of guanidine groups is 2. The smallest absolute Gasteiger partial charge is 0.350 e. The summed E-state index contributed by atoms with van der Waals surface area (Å²) >= 11 is 0.